The summed E-state index contributed by atoms with van der Waals surface area (Å²) >= 11 is 0. The van der Waals surface area contributed by atoms with Gasteiger partial charge in [0.15, 0.2) is 0 Å². The molecule has 0 amide bonds. The van der Waals surface area contributed by atoms with E-state index in [1.165, 1.54) is 0 Å². The van der Waals surface area contributed by atoms with Crippen LogP contribution >= 0.6 is 0 Å². The number of H-pyrrole nitrogens is 1. The topological polar surface area (TPSA) is 105 Å². The molecule has 1 aromatic rings. The first-order valence-corrected chi connectivity index (χ1v) is 3.58. The molecule has 0 radical (unpaired) electrons. The number of nitrogens with two attached hydrogens (primary N) is 1. The van der Waals surface area contributed by atoms with Gasteiger partial charge in [-0.05, 0) is 13.0 Å². The molecule has 0 unspecified atom stereocenters. The third-order valence-electron chi connectivity index (χ3n) is 1.34. The lowest BCUT2D eigenvalue weighted by Crippen LogP contribution is -2.02. The van der Waals surface area contributed by atoms with E-state index in [4.69, 9.17) is 10.8 Å². The second kappa shape index (κ2) is 3.82. The summed E-state index contributed by atoms with van der Waals surface area (Å²) in [7, 11) is 0. The van der Waals surface area contributed by atoms with Gasteiger partial charge in [-0.15, -0.1) is 5.10 Å². The van der Waals surface area contributed by atoms with Gasteiger partial charge >= 0.3 is 5.97 Å². The summed E-state index contributed by atoms with van der Waals surface area (Å²) in [6.45, 7) is 0.559. The number of nitrogens with zero attached hydrogens (tertiary/aromatic N) is 2. The number of hydrogen-bond acceptors (Lipinski definition) is 4. The van der Waals surface area contributed by atoms with Crippen molar-refractivity contribution in [3.05, 3.63) is 11.6 Å². The molecule has 1 rings (SSSR count). The fraction of sp³-hybridized carbons (Fsp3) is 0.500. The molecule has 66 valence electrons. The van der Waals surface area contributed by atoms with Crippen LogP contribution in [0.25, 0.3) is 0 Å². The fourth-order valence-corrected chi connectivity index (χ4v) is 0.772. The number of carbonyl (C=O) groups is 1. The Morgan fingerprint density at radius 3 is 2.92 bits per heavy atom. The van der Waals surface area contributed by atoms with Crippen LogP contribution in [0.5, 0.6) is 0 Å². The summed E-state index contributed by atoms with van der Waals surface area (Å²) in [5.74, 6) is -0.745. The van der Waals surface area contributed by atoms with Crippen LogP contribution in [0, 0.1) is 0 Å². The van der Waals surface area contributed by atoms with E-state index in [-0.39, 0.29) is 5.82 Å². The summed E-state index contributed by atoms with van der Waals surface area (Å²) in [4.78, 5) is 14.0. The highest BCUT2D eigenvalue weighted by atomic mass is 16.4. The van der Waals surface area contributed by atoms with Crippen LogP contribution in [0.1, 0.15) is 22.9 Å². The van der Waals surface area contributed by atoms with Gasteiger partial charge in [-0.2, -0.15) is 0 Å². The van der Waals surface area contributed by atoms with E-state index >= 15 is 0 Å². The first kappa shape index (κ1) is 8.66. The number of hydrogen-bond donors (Lipinski definition) is 3. The van der Waals surface area contributed by atoms with Crippen molar-refractivity contribution in [3.8, 4) is 0 Å². The van der Waals surface area contributed by atoms with E-state index < -0.39 is 5.97 Å². The fourth-order valence-electron chi connectivity index (χ4n) is 0.772. The highest BCUT2D eigenvalue weighted by molar-refractivity contribution is 5.82. The smallest absolute Gasteiger partial charge is 0.375 e. The van der Waals surface area contributed by atoms with Crippen molar-refractivity contribution in [1.82, 2.24) is 15.2 Å². The van der Waals surface area contributed by atoms with Gasteiger partial charge < -0.3 is 10.8 Å². The van der Waals surface area contributed by atoms with Gasteiger partial charge in [0.2, 0.25) is 0 Å². The predicted octanol–water partition coefficient (Wildman–Crippen LogP) is -0.606. The number of nitrogens with one attached hydrogen (secondary N) is 1. The van der Waals surface area contributed by atoms with Crippen molar-refractivity contribution < 1.29 is 9.90 Å². The highest BCUT2D eigenvalue weighted by Crippen LogP contribution is 1.95. The van der Waals surface area contributed by atoms with Gasteiger partial charge in [-0.3, -0.25) is 5.10 Å². The maximum Gasteiger partial charge on any atom is 0.375 e. The molecule has 4 N–H and O–H groups in total. The first-order valence-electron chi connectivity index (χ1n) is 3.58. The molecule has 0 bridgehead atoms. The van der Waals surface area contributed by atoms with E-state index in [9.17, 15) is 4.79 Å². The van der Waals surface area contributed by atoms with Crippen molar-refractivity contribution in [3.63, 3.8) is 0 Å². The molecule has 6 heteroatoms. The van der Waals surface area contributed by atoms with Crippen LogP contribution < -0.4 is 5.73 Å². The zero-order chi connectivity index (χ0) is 8.97. The van der Waals surface area contributed by atoms with Crippen molar-refractivity contribution >= 4 is 5.97 Å². The lowest BCUT2D eigenvalue weighted by Gasteiger charge is -1.89. The Labute approximate surface area is 68.8 Å². The molecule has 0 aliphatic carbocycles. The first-order chi connectivity index (χ1) is 5.74. The molecule has 0 saturated carbocycles. The molecule has 0 aromatic carbocycles. The number of aromatic amines is 1. The van der Waals surface area contributed by atoms with Gasteiger partial charge in [-0.25, -0.2) is 9.78 Å². The Morgan fingerprint density at radius 1 is 1.67 bits per heavy atom. The molecule has 0 fully saturated rings. The Bertz CT molecular complexity index is 270. The Kier molecular flexibility index (Phi) is 2.76. The summed E-state index contributed by atoms with van der Waals surface area (Å²) in [5.41, 5.74) is 5.26. The second-order valence-electron chi connectivity index (χ2n) is 2.30. The van der Waals surface area contributed by atoms with Crippen molar-refractivity contribution in [2.24, 2.45) is 5.73 Å². The van der Waals surface area contributed by atoms with E-state index in [1.807, 2.05) is 0 Å². The van der Waals surface area contributed by atoms with Gasteiger partial charge in [0, 0.05) is 6.42 Å². The minimum Gasteiger partial charge on any atom is -0.475 e. The van der Waals surface area contributed by atoms with Crippen molar-refractivity contribution in [2.45, 2.75) is 12.8 Å². The SMILES string of the molecule is NCCCc1nc(C(=O)O)n[nH]1. The number of aryl methyl sites for hydroxylation is 1. The Hall–Kier alpha value is -1.43. The zero-order valence-electron chi connectivity index (χ0n) is 6.45. The summed E-state index contributed by atoms with van der Waals surface area (Å²) in [6.07, 6.45) is 1.41. The van der Waals surface area contributed by atoms with Gasteiger partial charge in [0.1, 0.15) is 5.82 Å². The van der Waals surface area contributed by atoms with Crippen LogP contribution in [0.3, 0.4) is 0 Å². The molecular formula is C6H10N4O2. The number of carboxylic acid groups (broad SMARTS) is 1. The standard InChI is InChI=1S/C6H10N4O2/c7-3-1-2-4-8-5(6(11)12)10-9-4/h1-3,7H2,(H,11,12)(H,8,9,10). The Morgan fingerprint density at radius 2 is 2.42 bits per heavy atom. The molecule has 1 heterocycles. The average Bonchev–Trinajstić information content (AvgIpc) is 2.48. The van der Waals surface area contributed by atoms with E-state index in [0.29, 0.717) is 18.8 Å². The minimum absolute atomic E-state index is 0.193. The maximum absolute atomic E-state index is 10.3. The van der Waals surface area contributed by atoms with E-state index in [1.54, 1.807) is 0 Å². The van der Waals surface area contributed by atoms with E-state index in [2.05, 4.69) is 15.2 Å². The van der Waals surface area contributed by atoms with Crippen LogP contribution in [-0.2, 0) is 6.42 Å². The quantitative estimate of drug-likeness (QED) is 0.559. The molecule has 6 nitrogen and oxygen atoms in total. The molecule has 0 aliphatic rings. The largest absolute Gasteiger partial charge is 0.475 e. The molecule has 0 spiro atoms. The van der Waals surface area contributed by atoms with Crippen molar-refractivity contribution in [2.75, 3.05) is 6.54 Å². The zero-order valence-corrected chi connectivity index (χ0v) is 6.45. The van der Waals surface area contributed by atoms with Crippen molar-refractivity contribution in [1.29, 1.82) is 0 Å². The van der Waals surface area contributed by atoms with Crippen LogP contribution in [0.15, 0.2) is 0 Å². The molecule has 0 aliphatic heterocycles. The molecular weight excluding hydrogens is 160 g/mol. The number of rotatable bonds is 4. The lowest BCUT2D eigenvalue weighted by molar-refractivity contribution is 0.0684. The third-order valence-corrected chi connectivity index (χ3v) is 1.34. The minimum atomic E-state index is -1.12. The number of aromatic nitrogens is 3. The number of carboxylic acids is 1. The lowest BCUT2D eigenvalue weighted by atomic mass is 10.3. The van der Waals surface area contributed by atoms with Crippen LogP contribution in [-0.4, -0.2) is 32.8 Å². The molecule has 0 saturated heterocycles. The van der Waals surface area contributed by atoms with Gasteiger partial charge in [-0.1, -0.05) is 0 Å². The monoisotopic (exact) mass is 170 g/mol. The third kappa shape index (κ3) is 2.03. The van der Waals surface area contributed by atoms with Gasteiger partial charge in [0.25, 0.3) is 5.82 Å². The Balaban J connectivity index is 2.58. The summed E-state index contributed by atoms with van der Waals surface area (Å²) in [5, 5.41) is 14.5. The highest BCUT2D eigenvalue weighted by Gasteiger charge is 2.08. The van der Waals surface area contributed by atoms with Crippen LogP contribution in [0.2, 0.25) is 0 Å². The summed E-state index contributed by atoms with van der Waals surface area (Å²) < 4.78 is 0. The number of aromatic carboxylic acids is 1. The van der Waals surface area contributed by atoms with Gasteiger partial charge in [0.05, 0.1) is 0 Å². The van der Waals surface area contributed by atoms with Crippen LogP contribution in [0.4, 0.5) is 0 Å². The second-order valence-corrected chi connectivity index (χ2v) is 2.30. The molecule has 0 atom stereocenters. The summed E-state index contributed by atoms with van der Waals surface area (Å²) in [6, 6.07) is 0. The van der Waals surface area contributed by atoms with E-state index in [0.717, 1.165) is 6.42 Å². The molecule has 1 aromatic heterocycles. The normalized spacial score (nSPS) is 10.1. The predicted molar refractivity (Wildman–Crippen MR) is 40.7 cm³/mol. The molecule has 12 heavy (non-hydrogen) atoms. The maximum atomic E-state index is 10.3. The average molecular weight is 170 g/mol.